The molecule has 1 aliphatic carbocycles. The quantitative estimate of drug-likeness (QED) is 0.872. The highest BCUT2D eigenvalue weighted by molar-refractivity contribution is 6.14. The topological polar surface area (TPSA) is 66.0 Å². The van der Waals surface area contributed by atoms with Crippen molar-refractivity contribution in [1.29, 1.82) is 0 Å². The van der Waals surface area contributed by atoms with Crippen LogP contribution >= 0.6 is 0 Å². The lowest BCUT2D eigenvalue weighted by molar-refractivity contribution is -0.708. The number of rotatable bonds is 3. The zero-order valence-corrected chi connectivity index (χ0v) is 16.3. The molecule has 0 spiro atoms. The number of hydrogen-bond acceptors (Lipinski definition) is 2. The molecular weight excluding hydrogens is 326 g/mol. The molecule has 2 amide bonds. The van der Waals surface area contributed by atoms with Crippen LogP contribution < -0.4 is 15.5 Å². The number of hydrogen-bond donors (Lipinski definition) is 2. The molecule has 3 N–H and O–H groups in total. The Hall–Kier alpha value is -1.88. The van der Waals surface area contributed by atoms with Gasteiger partial charge in [-0.25, -0.2) is 0 Å². The van der Waals surface area contributed by atoms with Crippen molar-refractivity contribution in [1.82, 2.24) is 0 Å². The van der Waals surface area contributed by atoms with E-state index < -0.39 is 5.54 Å². The van der Waals surface area contributed by atoms with Crippen molar-refractivity contribution in [3.8, 4) is 0 Å². The third-order valence-corrected chi connectivity index (χ3v) is 5.83. The molecule has 5 heteroatoms. The van der Waals surface area contributed by atoms with E-state index in [0.29, 0.717) is 11.7 Å². The molecule has 0 radical (unpaired) electrons. The molecular formula is C21H32N3O2+. The predicted octanol–water partition coefficient (Wildman–Crippen LogP) is 2.82. The standard InChI is InChI=1S/C21H31N3O2/c1-15(22-16-11-7-5-4-6-8-12-16)19(25)24-18-14-10-9-13-17(18)23-20(26)21(24,2)3/h9-10,13-16,22H,4-8,11-12H2,1-3H3,(H,23,26)/p+1/t15-/m0/s1. The Morgan fingerprint density at radius 2 is 1.77 bits per heavy atom. The van der Waals surface area contributed by atoms with Crippen molar-refractivity contribution in [3.63, 3.8) is 0 Å². The largest absolute Gasteiger partial charge is 0.334 e. The van der Waals surface area contributed by atoms with Gasteiger partial charge in [0.25, 0.3) is 5.91 Å². The van der Waals surface area contributed by atoms with Gasteiger partial charge in [-0.15, -0.1) is 0 Å². The minimum Gasteiger partial charge on any atom is -0.334 e. The zero-order valence-electron chi connectivity index (χ0n) is 16.3. The van der Waals surface area contributed by atoms with Crippen molar-refractivity contribution in [3.05, 3.63) is 24.3 Å². The van der Waals surface area contributed by atoms with Crippen LogP contribution in [0.3, 0.4) is 0 Å². The molecule has 1 saturated carbocycles. The van der Waals surface area contributed by atoms with Crippen LogP contribution in [0.5, 0.6) is 0 Å². The number of carbonyl (C=O) groups is 2. The number of nitrogens with one attached hydrogen (secondary N) is 1. The summed E-state index contributed by atoms with van der Waals surface area (Å²) in [4.78, 5) is 27.6. The van der Waals surface area contributed by atoms with Crippen LogP contribution in [0.1, 0.15) is 65.7 Å². The monoisotopic (exact) mass is 358 g/mol. The van der Waals surface area contributed by atoms with Crippen LogP contribution in [0.15, 0.2) is 24.3 Å². The first-order chi connectivity index (χ1) is 12.4. The van der Waals surface area contributed by atoms with E-state index in [1.54, 1.807) is 4.90 Å². The Morgan fingerprint density at radius 3 is 2.46 bits per heavy atom. The smallest absolute Gasteiger partial charge is 0.285 e. The first-order valence-corrected chi connectivity index (χ1v) is 10.0. The molecule has 1 atom stereocenters. The molecule has 1 fully saturated rings. The average Bonchev–Trinajstić information content (AvgIpc) is 2.57. The van der Waals surface area contributed by atoms with Crippen LogP contribution in [0.4, 0.5) is 11.4 Å². The van der Waals surface area contributed by atoms with Gasteiger partial charge in [0.2, 0.25) is 5.91 Å². The molecule has 1 aromatic carbocycles. The molecule has 0 saturated heterocycles. The van der Waals surface area contributed by atoms with Gasteiger partial charge in [0.15, 0.2) is 6.04 Å². The molecule has 26 heavy (non-hydrogen) atoms. The maximum Gasteiger partial charge on any atom is 0.285 e. The molecule has 1 heterocycles. The molecule has 5 nitrogen and oxygen atoms in total. The number of anilines is 2. The summed E-state index contributed by atoms with van der Waals surface area (Å²) < 4.78 is 0. The highest BCUT2D eigenvalue weighted by Crippen LogP contribution is 2.36. The maximum atomic E-state index is 13.4. The van der Waals surface area contributed by atoms with Gasteiger partial charge in [0.1, 0.15) is 5.54 Å². The Labute approximate surface area is 156 Å². The van der Waals surface area contributed by atoms with E-state index in [0.717, 1.165) is 5.69 Å². The molecule has 0 unspecified atom stereocenters. The van der Waals surface area contributed by atoms with E-state index in [1.807, 2.05) is 45.0 Å². The number of para-hydroxylation sites is 2. The van der Waals surface area contributed by atoms with E-state index in [1.165, 1.54) is 44.9 Å². The van der Waals surface area contributed by atoms with E-state index in [2.05, 4.69) is 10.6 Å². The number of nitrogens with zero attached hydrogens (tertiary/aromatic N) is 1. The van der Waals surface area contributed by atoms with Gasteiger partial charge in [-0.2, -0.15) is 0 Å². The number of fused-ring (bicyclic) bond motifs is 1. The molecule has 142 valence electrons. The number of quaternary nitrogens is 1. The lowest BCUT2D eigenvalue weighted by Crippen LogP contribution is -2.97. The van der Waals surface area contributed by atoms with E-state index in [-0.39, 0.29) is 17.9 Å². The van der Waals surface area contributed by atoms with E-state index >= 15 is 0 Å². The Morgan fingerprint density at radius 1 is 1.15 bits per heavy atom. The molecule has 1 aromatic rings. The maximum absolute atomic E-state index is 13.4. The second-order valence-electron chi connectivity index (χ2n) is 8.29. The molecule has 1 aliphatic heterocycles. The first-order valence-electron chi connectivity index (χ1n) is 10.0. The summed E-state index contributed by atoms with van der Waals surface area (Å²) in [5.41, 5.74) is 0.609. The minimum atomic E-state index is -0.894. The van der Waals surface area contributed by atoms with E-state index in [4.69, 9.17) is 0 Å². The van der Waals surface area contributed by atoms with E-state index in [9.17, 15) is 9.59 Å². The fraction of sp³-hybridized carbons (Fsp3) is 0.619. The van der Waals surface area contributed by atoms with Gasteiger partial charge in [-0.05, 0) is 58.6 Å². The first kappa shape index (κ1) is 18.9. The summed E-state index contributed by atoms with van der Waals surface area (Å²) in [6.07, 6.45) is 8.81. The van der Waals surface area contributed by atoms with Gasteiger partial charge in [-0.3, -0.25) is 14.5 Å². The summed E-state index contributed by atoms with van der Waals surface area (Å²) in [6, 6.07) is 7.87. The SMILES string of the molecule is C[C@H]([NH2+]C1CCCCCCC1)C(=O)N1c2ccccc2NC(=O)C1(C)C. The van der Waals surface area contributed by atoms with Crippen molar-refractivity contribution in [2.75, 3.05) is 10.2 Å². The second-order valence-corrected chi connectivity index (χ2v) is 8.29. The van der Waals surface area contributed by atoms with Crippen LogP contribution in [0.2, 0.25) is 0 Å². The van der Waals surface area contributed by atoms with Gasteiger partial charge in [0, 0.05) is 0 Å². The number of nitrogens with two attached hydrogens (primary N) is 1. The third-order valence-electron chi connectivity index (χ3n) is 5.83. The van der Waals surface area contributed by atoms with Crippen molar-refractivity contribution < 1.29 is 14.9 Å². The highest BCUT2D eigenvalue weighted by atomic mass is 16.2. The number of amides is 2. The second kappa shape index (κ2) is 7.78. The summed E-state index contributed by atoms with van der Waals surface area (Å²) >= 11 is 0. The predicted molar refractivity (Wildman–Crippen MR) is 104 cm³/mol. The fourth-order valence-corrected chi connectivity index (χ4v) is 4.22. The van der Waals surface area contributed by atoms with Gasteiger partial charge in [0.05, 0.1) is 17.4 Å². The van der Waals surface area contributed by atoms with Crippen LogP contribution in [-0.2, 0) is 9.59 Å². The van der Waals surface area contributed by atoms with Crippen LogP contribution in [0, 0.1) is 0 Å². The fourth-order valence-electron chi connectivity index (χ4n) is 4.22. The number of benzene rings is 1. The highest BCUT2D eigenvalue weighted by Gasteiger charge is 2.45. The molecule has 3 rings (SSSR count). The molecule has 2 aliphatic rings. The zero-order chi connectivity index (χ0) is 18.7. The minimum absolute atomic E-state index is 0.0133. The summed E-state index contributed by atoms with van der Waals surface area (Å²) in [5.74, 6) is -0.123. The van der Waals surface area contributed by atoms with Crippen molar-refractivity contribution in [2.45, 2.75) is 83.3 Å². The molecule has 0 aromatic heterocycles. The lowest BCUT2D eigenvalue weighted by atomic mass is 9.94. The molecule has 0 bridgehead atoms. The van der Waals surface area contributed by atoms with Crippen LogP contribution in [-0.4, -0.2) is 29.4 Å². The third kappa shape index (κ3) is 3.78. The average molecular weight is 359 g/mol. The lowest BCUT2D eigenvalue weighted by Gasteiger charge is -2.42. The summed E-state index contributed by atoms with van der Waals surface area (Å²) in [5, 5.41) is 5.16. The summed E-state index contributed by atoms with van der Waals surface area (Å²) in [6.45, 7) is 5.61. The van der Waals surface area contributed by atoms with Crippen molar-refractivity contribution >= 4 is 23.2 Å². The van der Waals surface area contributed by atoms with Crippen molar-refractivity contribution in [2.24, 2.45) is 0 Å². The van der Waals surface area contributed by atoms with Crippen LogP contribution in [0.25, 0.3) is 0 Å². The number of carbonyl (C=O) groups excluding carboxylic acids is 2. The van der Waals surface area contributed by atoms with Gasteiger partial charge in [-0.1, -0.05) is 31.4 Å². The Bertz CT molecular complexity index is 663. The summed E-state index contributed by atoms with van der Waals surface area (Å²) in [7, 11) is 0. The normalized spacial score (nSPS) is 22.0. The Balaban J connectivity index is 1.79. The Kier molecular flexibility index (Phi) is 5.66. The van der Waals surface area contributed by atoms with Gasteiger partial charge >= 0.3 is 0 Å². The van der Waals surface area contributed by atoms with Gasteiger partial charge < -0.3 is 10.6 Å².